The molecule has 0 aromatic rings. The fourth-order valence-corrected chi connectivity index (χ4v) is 1.60. The first-order valence-electron chi connectivity index (χ1n) is 3.49. The summed E-state index contributed by atoms with van der Waals surface area (Å²) in [6.07, 6.45) is 0. The van der Waals surface area contributed by atoms with Gasteiger partial charge in [-0.1, -0.05) is 0 Å². The van der Waals surface area contributed by atoms with E-state index < -0.39 is 0 Å². The molecule has 1 aliphatic heterocycles. The van der Waals surface area contributed by atoms with Gasteiger partial charge in [0.05, 0.1) is 0 Å². The Labute approximate surface area is 110 Å². The fraction of sp³-hybridized carbons (Fsp3) is 1.00. The summed E-state index contributed by atoms with van der Waals surface area (Å²) in [6, 6.07) is 0. The van der Waals surface area contributed by atoms with Crippen LogP contribution in [0.3, 0.4) is 0 Å². The van der Waals surface area contributed by atoms with Gasteiger partial charge in [-0.2, -0.15) is 11.8 Å². The smallest absolute Gasteiger partial charge is 0.00770 e. The molecule has 1 fully saturated rings. The number of thioether (sulfide) groups is 1. The lowest BCUT2D eigenvalue weighted by Crippen LogP contribution is -2.27. The van der Waals surface area contributed by atoms with E-state index in [1.807, 2.05) is 11.8 Å². The summed E-state index contributed by atoms with van der Waals surface area (Å²) in [5, 5.41) is 6.69. The topological polar surface area (TPSA) is 24.1 Å². The minimum Gasteiger partial charge on any atom is -0.315 e. The molecule has 0 atom stereocenters. The van der Waals surface area contributed by atoms with Crippen LogP contribution in [0.2, 0.25) is 0 Å². The molecule has 0 radical (unpaired) electrons. The molecule has 6 heteroatoms. The van der Waals surface area contributed by atoms with Crippen molar-refractivity contribution in [3.8, 4) is 0 Å². The van der Waals surface area contributed by atoms with Crippen molar-refractivity contribution in [1.82, 2.24) is 10.6 Å². The van der Waals surface area contributed by atoms with Gasteiger partial charge in [0.2, 0.25) is 0 Å². The number of halogens is 3. The van der Waals surface area contributed by atoms with Crippen LogP contribution in [0.4, 0.5) is 0 Å². The molecule has 0 aromatic carbocycles. The third-order valence-electron chi connectivity index (χ3n) is 1.32. The second kappa shape index (κ2) is 15.2. The SMILES string of the molecule is Br.Br.Br.C1CNCCSCCN1. The van der Waals surface area contributed by atoms with Crippen molar-refractivity contribution in [2.45, 2.75) is 0 Å². The van der Waals surface area contributed by atoms with Gasteiger partial charge in [0.25, 0.3) is 0 Å². The molecule has 2 nitrogen and oxygen atoms in total. The molecule has 12 heavy (non-hydrogen) atoms. The van der Waals surface area contributed by atoms with Gasteiger partial charge in [0.1, 0.15) is 0 Å². The molecule has 78 valence electrons. The molecular weight excluding hydrogens is 372 g/mol. The van der Waals surface area contributed by atoms with Crippen molar-refractivity contribution in [2.24, 2.45) is 0 Å². The van der Waals surface area contributed by atoms with Gasteiger partial charge in [-0.3, -0.25) is 0 Å². The Bertz CT molecular complexity index is 49.3. The quantitative estimate of drug-likeness (QED) is 0.659. The van der Waals surface area contributed by atoms with Gasteiger partial charge in [0.15, 0.2) is 0 Å². The largest absolute Gasteiger partial charge is 0.315 e. The van der Waals surface area contributed by atoms with Crippen molar-refractivity contribution in [2.75, 3.05) is 37.7 Å². The van der Waals surface area contributed by atoms with E-state index in [1.165, 1.54) is 24.6 Å². The highest BCUT2D eigenvalue weighted by molar-refractivity contribution is 8.93. The average molecular weight is 389 g/mol. The number of rotatable bonds is 0. The molecule has 1 saturated heterocycles. The number of nitrogens with one attached hydrogen (secondary N) is 2. The van der Waals surface area contributed by atoms with Crippen molar-refractivity contribution in [3.05, 3.63) is 0 Å². The molecule has 1 heterocycles. The van der Waals surface area contributed by atoms with Crippen LogP contribution < -0.4 is 10.6 Å². The second-order valence-electron chi connectivity index (χ2n) is 2.11. The minimum absolute atomic E-state index is 0. The lowest BCUT2D eigenvalue weighted by Gasteiger charge is -1.99. The van der Waals surface area contributed by atoms with E-state index in [-0.39, 0.29) is 50.9 Å². The Hall–Kier alpha value is 1.71. The maximum absolute atomic E-state index is 3.34. The van der Waals surface area contributed by atoms with Crippen molar-refractivity contribution < 1.29 is 0 Å². The second-order valence-corrected chi connectivity index (χ2v) is 3.34. The van der Waals surface area contributed by atoms with Gasteiger partial charge < -0.3 is 10.6 Å². The maximum atomic E-state index is 3.34. The molecule has 0 aromatic heterocycles. The van der Waals surface area contributed by atoms with E-state index in [0.29, 0.717) is 0 Å². The van der Waals surface area contributed by atoms with Crippen molar-refractivity contribution in [3.63, 3.8) is 0 Å². The first kappa shape index (κ1) is 19.3. The van der Waals surface area contributed by atoms with Crippen LogP contribution in [0.15, 0.2) is 0 Å². The third-order valence-corrected chi connectivity index (χ3v) is 2.31. The predicted octanol–water partition coefficient (Wildman–Crippen LogP) is 1.65. The Balaban J connectivity index is -0.000000270. The van der Waals surface area contributed by atoms with Crippen LogP contribution in [0.5, 0.6) is 0 Å². The summed E-state index contributed by atoms with van der Waals surface area (Å²) in [4.78, 5) is 0. The zero-order valence-corrected chi connectivity index (χ0v) is 12.8. The summed E-state index contributed by atoms with van der Waals surface area (Å²) in [5.74, 6) is 2.53. The molecule has 0 amide bonds. The molecule has 0 aliphatic carbocycles. The number of hydrogen-bond donors (Lipinski definition) is 2. The van der Waals surface area contributed by atoms with E-state index in [1.54, 1.807) is 0 Å². The molecule has 0 bridgehead atoms. The van der Waals surface area contributed by atoms with Gasteiger partial charge in [0, 0.05) is 37.7 Å². The summed E-state index contributed by atoms with van der Waals surface area (Å²) in [7, 11) is 0. The summed E-state index contributed by atoms with van der Waals surface area (Å²) >= 11 is 2.02. The molecule has 1 rings (SSSR count). The van der Waals surface area contributed by atoms with Crippen LogP contribution in [0, 0.1) is 0 Å². The molecule has 0 saturated carbocycles. The van der Waals surface area contributed by atoms with Crippen LogP contribution in [0.1, 0.15) is 0 Å². The lowest BCUT2D eigenvalue weighted by molar-refractivity contribution is 0.652. The predicted molar refractivity (Wildman–Crippen MR) is 74.0 cm³/mol. The lowest BCUT2D eigenvalue weighted by atomic mass is 10.6. The Morgan fingerprint density at radius 1 is 0.667 bits per heavy atom. The van der Waals surface area contributed by atoms with Crippen LogP contribution in [-0.4, -0.2) is 37.7 Å². The van der Waals surface area contributed by atoms with Gasteiger partial charge >= 0.3 is 0 Å². The first-order valence-corrected chi connectivity index (χ1v) is 4.65. The van der Waals surface area contributed by atoms with Gasteiger partial charge in [-0.25, -0.2) is 0 Å². The monoisotopic (exact) mass is 386 g/mol. The van der Waals surface area contributed by atoms with E-state index >= 15 is 0 Å². The van der Waals surface area contributed by atoms with E-state index in [4.69, 9.17) is 0 Å². The standard InChI is InChI=1S/C6H14N2S.3BrH/c1-2-8-4-6-9-5-3-7-1;;;/h7-8H,1-6H2;3*1H. The zero-order valence-electron chi connectivity index (χ0n) is 6.88. The van der Waals surface area contributed by atoms with Crippen LogP contribution in [0.25, 0.3) is 0 Å². The number of hydrogen-bond acceptors (Lipinski definition) is 3. The molecule has 0 spiro atoms. The highest BCUT2D eigenvalue weighted by Gasteiger charge is 1.93. The Morgan fingerprint density at radius 3 is 1.50 bits per heavy atom. The highest BCUT2D eigenvalue weighted by Crippen LogP contribution is 1.96. The van der Waals surface area contributed by atoms with Gasteiger partial charge in [-0.05, 0) is 0 Å². The molecule has 1 aliphatic rings. The summed E-state index contributed by atoms with van der Waals surface area (Å²) in [5.41, 5.74) is 0. The highest BCUT2D eigenvalue weighted by atomic mass is 79.9. The van der Waals surface area contributed by atoms with Crippen molar-refractivity contribution >= 4 is 62.7 Å². The van der Waals surface area contributed by atoms with Crippen LogP contribution in [-0.2, 0) is 0 Å². The Kier molecular flexibility index (Phi) is 24.4. The zero-order chi connectivity index (χ0) is 6.36. The van der Waals surface area contributed by atoms with Crippen LogP contribution >= 0.6 is 62.7 Å². The van der Waals surface area contributed by atoms with E-state index in [9.17, 15) is 0 Å². The van der Waals surface area contributed by atoms with Gasteiger partial charge in [-0.15, -0.1) is 50.9 Å². The summed E-state index contributed by atoms with van der Waals surface area (Å²) in [6.45, 7) is 4.60. The average Bonchev–Trinajstić information content (AvgIpc) is 2.00. The molecule has 0 unspecified atom stereocenters. The van der Waals surface area contributed by atoms with Crippen molar-refractivity contribution in [1.29, 1.82) is 0 Å². The fourth-order valence-electron chi connectivity index (χ4n) is 0.818. The Morgan fingerprint density at radius 2 is 1.08 bits per heavy atom. The maximum Gasteiger partial charge on any atom is 0.00770 e. The molecular formula is C6H17Br3N2S. The molecule has 2 N–H and O–H groups in total. The first-order chi connectivity index (χ1) is 4.50. The normalized spacial score (nSPS) is 18.0. The third kappa shape index (κ3) is 11.7. The van der Waals surface area contributed by atoms with E-state index in [2.05, 4.69) is 10.6 Å². The minimum atomic E-state index is 0. The van der Waals surface area contributed by atoms with E-state index in [0.717, 1.165) is 13.1 Å². The summed E-state index contributed by atoms with van der Waals surface area (Å²) < 4.78 is 0.